The van der Waals surface area contributed by atoms with Crippen LogP contribution >= 0.6 is 22.6 Å². The Hall–Kier alpha value is -0.920. The van der Waals surface area contributed by atoms with Crippen molar-refractivity contribution in [1.29, 1.82) is 0 Å². The van der Waals surface area contributed by atoms with Gasteiger partial charge in [0, 0.05) is 12.6 Å². The molecule has 3 atom stereocenters. The number of aromatic amines is 1. The van der Waals surface area contributed by atoms with Crippen LogP contribution in [0.4, 0.5) is 13.2 Å². The molecule has 2 rings (SSSR count). The summed E-state index contributed by atoms with van der Waals surface area (Å²) in [6, 6.07) is 0. The highest BCUT2D eigenvalue weighted by Crippen LogP contribution is 2.40. The molecule has 0 unspecified atom stereocenters. The van der Waals surface area contributed by atoms with E-state index in [1.54, 1.807) is 27.6 Å². The standard InChI is InChI=1S/C10H10F3IN2O5/c11-10(12,13)4-2-16(8(20)15-7(4)19)9(14)1-5(18)6(3-17)21-9/h2,5-6,17-18H,1,3H2,(H,15,19,20)/t5-,6+,9-/m0/s1. The lowest BCUT2D eigenvalue weighted by Gasteiger charge is -2.25. The van der Waals surface area contributed by atoms with Gasteiger partial charge in [0.2, 0.25) is 3.73 Å². The van der Waals surface area contributed by atoms with Gasteiger partial charge in [-0.15, -0.1) is 0 Å². The molecule has 21 heavy (non-hydrogen) atoms. The Morgan fingerprint density at radius 3 is 2.62 bits per heavy atom. The van der Waals surface area contributed by atoms with E-state index in [0.717, 1.165) is 0 Å². The molecule has 7 nitrogen and oxygen atoms in total. The molecule has 1 saturated heterocycles. The zero-order valence-corrected chi connectivity index (χ0v) is 12.4. The van der Waals surface area contributed by atoms with Gasteiger partial charge in [-0.3, -0.25) is 14.3 Å². The largest absolute Gasteiger partial charge is 0.423 e. The average Bonchev–Trinajstić information content (AvgIpc) is 2.63. The van der Waals surface area contributed by atoms with Crippen molar-refractivity contribution in [2.45, 2.75) is 28.5 Å². The second kappa shape index (κ2) is 5.37. The van der Waals surface area contributed by atoms with Gasteiger partial charge in [-0.05, 0) is 22.6 Å². The highest BCUT2D eigenvalue weighted by Gasteiger charge is 2.47. The zero-order valence-electron chi connectivity index (χ0n) is 10.2. The minimum Gasteiger partial charge on any atom is -0.394 e. The van der Waals surface area contributed by atoms with Crippen LogP contribution in [-0.2, 0) is 14.6 Å². The Labute approximate surface area is 128 Å². The van der Waals surface area contributed by atoms with Crippen LogP contribution in [0.15, 0.2) is 15.8 Å². The predicted molar refractivity (Wildman–Crippen MR) is 70.9 cm³/mol. The summed E-state index contributed by atoms with van der Waals surface area (Å²) in [5.41, 5.74) is -4.21. The Morgan fingerprint density at radius 2 is 2.14 bits per heavy atom. The molecular weight excluding hydrogens is 412 g/mol. The molecule has 3 N–H and O–H groups in total. The molecule has 1 aromatic heterocycles. The molecule has 1 fully saturated rings. The molecule has 1 aliphatic rings. The smallest absolute Gasteiger partial charge is 0.394 e. The number of hydrogen-bond donors (Lipinski definition) is 3. The van der Waals surface area contributed by atoms with Gasteiger partial charge in [-0.2, -0.15) is 13.2 Å². The predicted octanol–water partition coefficient (Wildman–Crippen LogP) is -0.257. The number of hydrogen-bond acceptors (Lipinski definition) is 5. The number of rotatable bonds is 2. The minimum atomic E-state index is -4.94. The van der Waals surface area contributed by atoms with Crippen molar-refractivity contribution in [1.82, 2.24) is 9.55 Å². The van der Waals surface area contributed by atoms with E-state index in [1.165, 1.54) is 0 Å². The van der Waals surface area contributed by atoms with Crippen molar-refractivity contribution >= 4 is 22.6 Å². The fourth-order valence-corrected chi connectivity index (χ4v) is 3.12. The van der Waals surface area contributed by atoms with E-state index in [2.05, 4.69) is 0 Å². The third kappa shape index (κ3) is 3.00. The summed E-state index contributed by atoms with van der Waals surface area (Å²) >= 11 is 1.55. The topological polar surface area (TPSA) is 105 Å². The first kappa shape index (κ1) is 16.5. The molecule has 0 bridgehead atoms. The van der Waals surface area contributed by atoms with Crippen molar-refractivity contribution < 1.29 is 28.1 Å². The fraction of sp³-hybridized carbons (Fsp3) is 0.600. The number of H-pyrrole nitrogens is 1. The van der Waals surface area contributed by atoms with E-state index in [1.807, 2.05) is 0 Å². The lowest BCUT2D eigenvalue weighted by Crippen LogP contribution is -2.42. The van der Waals surface area contributed by atoms with Crippen molar-refractivity contribution in [3.05, 3.63) is 32.6 Å². The molecular formula is C10H10F3IN2O5. The van der Waals surface area contributed by atoms with Crippen LogP contribution < -0.4 is 11.2 Å². The lowest BCUT2D eigenvalue weighted by atomic mass is 10.2. The van der Waals surface area contributed by atoms with Crippen molar-refractivity contribution in [2.75, 3.05) is 6.61 Å². The van der Waals surface area contributed by atoms with E-state index in [4.69, 9.17) is 9.84 Å². The Bertz CT molecular complexity index is 657. The number of halogens is 4. The van der Waals surface area contributed by atoms with E-state index >= 15 is 0 Å². The highest BCUT2D eigenvalue weighted by molar-refractivity contribution is 14.1. The van der Waals surface area contributed by atoms with Crippen LogP contribution in [0.2, 0.25) is 0 Å². The number of aliphatic hydroxyl groups is 2. The number of ether oxygens (including phenoxy) is 1. The quantitative estimate of drug-likeness (QED) is 0.451. The number of alkyl halides is 4. The Balaban J connectivity index is 2.55. The summed E-state index contributed by atoms with van der Waals surface area (Å²) in [6.07, 6.45) is -7.00. The van der Waals surface area contributed by atoms with E-state index in [9.17, 15) is 27.9 Å². The van der Waals surface area contributed by atoms with E-state index in [0.29, 0.717) is 10.8 Å². The average molecular weight is 422 g/mol. The maximum atomic E-state index is 12.7. The molecule has 118 valence electrons. The zero-order chi connectivity index (χ0) is 16.0. The van der Waals surface area contributed by atoms with Gasteiger partial charge in [0.15, 0.2) is 0 Å². The summed E-state index contributed by atoms with van der Waals surface area (Å²) in [5.74, 6) is 0. The van der Waals surface area contributed by atoms with Gasteiger partial charge in [0.25, 0.3) is 5.56 Å². The molecule has 0 aliphatic carbocycles. The molecule has 0 aromatic carbocycles. The monoisotopic (exact) mass is 422 g/mol. The van der Waals surface area contributed by atoms with Gasteiger partial charge >= 0.3 is 11.9 Å². The number of nitrogens with zero attached hydrogens (tertiary/aromatic N) is 1. The SMILES string of the molecule is O=c1[nH]c(=O)n([C@@]2(I)C[C@H](O)[C@@H](CO)O2)cc1C(F)(F)F. The van der Waals surface area contributed by atoms with Gasteiger partial charge in [0.05, 0.1) is 12.7 Å². The van der Waals surface area contributed by atoms with Crippen LogP contribution in [-0.4, -0.2) is 38.6 Å². The van der Waals surface area contributed by atoms with Crippen molar-refractivity contribution in [3.8, 4) is 0 Å². The molecule has 1 aliphatic heterocycles. The van der Waals surface area contributed by atoms with Crippen LogP contribution in [0.5, 0.6) is 0 Å². The van der Waals surface area contributed by atoms with E-state index < -0.39 is 45.5 Å². The maximum absolute atomic E-state index is 12.7. The summed E-state index contributed by atoms with van der Waals surface area (Å²) in [7, 11) is 0. The molecule has 0 radical (unpaired) electrons. The minimum absolute atomic E-state index is 0.220. The van der Waals surface area contributed by atoms with Gasteiger partial charge in [0.1, 0.15) is 11.7 Å². The Kier molecular flexibility index (Phi) is 4.21. The maximum Gasteiger partial charge on any atom is 0.423 e. The summed E-state index contributed by atoms with van der Waals surface area (Å²) < 4.78 is 42.3. The van der Waals surface area contributed by atoms with Crippen molar-refractivity contribution in [3.63, 3.8) is 0 Å². The van der Waals surface area contributed by atoms with Crippen LogP contribution in [0.3, 0.4) is 0 Å². The molecule has 1 aromatic rings. The van der Waals surface area contributed by atoms with Crippen LogP contribution in [0.25, 0.3) is 0 Å². The molecule has 2 heterocycles. The first-order valence-corrected chi connectivity index (χ1v) is 6.75. The first-order valence-electron chi connectivity index (χ1n) is 5.68. The van der Waals surface area contributed by atoms with Gasteiger partial charge in [-0.1, -0.05) is 0 Å². The Morgan fingerprint density at radius 1 is 1.52 bits per heavy atom. The van der Waals surface area contributed by atoms with Gasteiger partial charge < -0.3 is 14.9 Å². The second-order valence-corrected chi connectivity index (χ2v) is 6.15. The van der Waals surface area contributed by atoms with Crippen molar-refractivity contribution in [2.24, 2.45) is 0 Å². The highest BCUT2D eigenvalue weighted by atomic mass is 127. The number of aromatic nitrogens is 2. The van der Waals surface area contributed by atoms with Crippen LogP contribution in [0.1, 0.15) is 12.0 Å². The summed E-state index contributed by atoms with van der Waals surface area (Å²) in [5, 5.41) is 18.7. The first-order chi connectivity index (χ1) is 9.58. The molecule has 0 spiro atoms. The third-order valence-electron chi connectivity index (χ3n) is 3.01. The lowest BCUT2D eigenvalue weighted by molar-refractivity contribution is -0.139. The summed E-state index contributed by atoms with van der Waals surface area (Å²) in [6.45, 7) is -0.559. The molecule has 0 saturated carbocycles. The van der Waals surface area contributed by atoms with Gasteiger partial charge in [-0.25, -0.2) is 4.79 Å². The van der Waals surface area contributed by atoms with E-state index in [-0.39, 0.29) is 6.42 Å². The fourth-order valence-electron chi connectivity index (χ4n) is 1.98. The molecule has 0 amide bonds. The number of nitrogens with one attached hydrogen (secondary N) is 1. The number of aliphatic hydroxyl groups excluding tert-OH is 2. The van der Waals surface area contributed by atoms with Crippen LogP contribution in [0, 0.1) is 0 Å². The molecule has 11 heteroatoms. The normalized spacial score (nSPS) is 29.8. The second-order valence-electron chi connectivity index (χ2n) is 4.47. The summed E-state index contributed by atoms with van der Waals surface area (Å²) in [4.78, 5) is 24.5. The third-order valence-corrected chi connectivity index (χ3v) is 4.22.